The van der Waals surface area contributed by atoms with E-state index in [1.807, 2.05) is 4.90 Å². The number of nitrogens with zero attached hydrogens (tertiary/aromatic N) is 1. The number of carbonyl (C=O) groups excluding carboxylic acids is 1. The number of urea groups is 1. The van der Waals surface area contributed by atoms with Gasteiger partial charge in [0.25, 0.3) is 0 Å². The molecule has 110 valence electrons. The summed E-state index contributed by atoms with van der Waals surface area (Å²) >= 11 is 0. The van der Waals surface area contributed by atoms with E-state index < -0.39 is 0 Å². The number of nitrogens with one attached hydrogen (secondary N) is 1. The molecule has 4 nitrogen and oxygen atoms in total. The Morgan fingerprint density at radius 2 is 2.16 bits per heavy atom. The largest absolute Gasteiger partial charge is 0.394 e. The highest BCUT2D eigenvalue weighted by molar-refractivity contribution is 5.74. The van der Waals surface area contributed by atoms with Gasteiger partial charge in [-0.15, -0.1) is 0 Å². The minimum atomic E-state index is 0.0200. The molecular weight excluding hydrogens is 240 g/mol. The maximum Gasteiger partial charge on any atom is 0.317 e. The lowest BCUT2D eigenvalue weighted by molar-refractivity contribution is 0.0946. The van der Waals surface area contributed by atoms with Crippen LogP contribution in [0.2, 0.25) is 0 Å². The van der Waals surface area contributed by atoms with E-state index >= 15 is 0 Å². The number of hydrogen-bond acceptors (Lipinski definition) is 2. The molecule has 2 fully saturated rings. The molecule has 4 heteroatoms. The Labute approximate surface area is 116 Å². The first-order valence-electron chi connectivity index (χ1n) is 7.72. The summed E-state index contributed by atoms with van der Waals surface area (Å²) in [6.45, 7) is 6.19. The Morgan fingerprint density at radius 1 is 1.42 bits per heavy atom. The Hall–Kier alpha value is -0.770. The second kappa shape index (κ2) is 6.12. The van der Waals surface area contributed by atoms with E-state index in [0.717, 1.165) is 25.9 Å². The van der Waals surface area contributed by atoms with Crippen LogP contribution in [-0.4, -0.2) is 41.8 Å². The van der Waals surface area contributed by atoms with Gasteiger partial charge in [0, 0.05) is 13.1 Å². The summed E-state index contributed by atoms with van der Waals surface area (Å²) in [7, 11) is 0. The number of likely N-dealkylation sites (tertiary alicyclic amines) is 1. The van der Waals surface area contributed by atoms with Gasteiger partial charge in [0.05, 0.1) is 12.6 Å². The second-order valence-corrected chi connectivity index (χ2v) is 6.78. The number of aliphatic hydroxyl groups excluding tert-OH is 1. The van der Waals surface area contributed by atoms with Crippen LogP contribution in [0.5, 0.6) is 0 Å². The van der Waals surface area contributed by atoms with Crippen LogP contribution in [0.3, 0.4) is 0 Å². The van der Waals surface area contributed by atoms with E-state index in [9.17, 15) is 9.90 Å². The summed E-state index contributed by atoms with van der Waals surface area (Å²) in [5.41, 5.74) is 0.345. The average molecular weight is 268 g/mol. The Kier molecular flexibility index (Phi) is 4.71. The summed E-state index contributed by atoms with van der Waals surface area (Å²) in [6.07, 6.45) is 6.93. The molecule has 0 bridgehead atoms. The van der Waals surface area contributed by atoms with Gasteiger partial charge in [-0.2, -0.15) is 0 Å². The molecular formula is C15H28N2O2. The van der Waals surface area contributed by atoms with Crippen molar-refractivity contribution in [1.82, 2.24) is 10.2 Å². The van der Waals surface area contributed by atoms with Crippen molar-refractivity contribution in [2.24, 2.45) is 11.3 Å². The monoisotopic (exact) mass is 268 g/mol. The molecule has 1 atom stereocenters. The first kappa shape index (κ1) is 14.6. The van der Waals surface area contributed by atoms with Crippen LogP contribution in [0.1, 0.15) is 52.4 Å². The average Bonchev–Trinajstić information content (AvgIpc) is 2.79. The fraction of sp³-hybridized carbons (Fsp3) is 0.933. The second-order valence-electron chi connectivity index (χ2n) is 6.78. The highest BCUT2D eigenvalue weighted by atomic mass is 16.3. The molecule has 19 heavy (non-hydrogen) atoms. The topological polar surface area (TPSA) is 52.6 Å². The van der Waals surface area contributed by atoms with Gasteiger partial charge in [-0.1, -0.05) is 20.3 Å². The molecule has 0 unspecified atom stereocenters. The Morgan fingerprint density at radius 3 is 2.68 bits per heavy atom. The smallest absolute Gasteiger partial charge is 0.317 e. The molecule has 2 amide bonds. The standard InChI is InChI=1S/C15H28N2O2/c1-12(2)9-15(6-4-7-15)11-16-14(19)17-8-3-5-13(17)10-18/h12-13,18H,3-11H2,1-2H3,(H,16,19)/t13-/m1/s1. The van der Waals surface area contributed by atoms with Crippen molar-refractivity contribution in [2.45, 2.75) is 58.4 Å². The number of hydrogen-bond donors (Lipinski definition) is 2. The lowest BCUT2D eigenvalue weighted by Crippen LogP contribution is -2.49. The van der Waals surface area contributed by atoms with Gasteiger partial charge in [0.15, 0.2) is 0 Å². The Balaban J connectivity index is 1.82. The number of carbonyl (C=O) groups is 1. The molecule has 0 aromatic heterocycles. The van der Waals surface area contributed by atoms with E-state index in [1.165, 1.54) is 25.7 Å². The summed E-state index contributed by atoms with van der Waals surface area (Å²) in [5.74, 6) is 0.689. The molecule has 1 aliphatic carbocycles. The van der Waals surface area contributed by atoms with E-state index in [-0.39, 0.29) is 18.7 Å². The Bertz CT molecular complexity index is 313. The zero-order valence-corrected chi connectivity index (χ0v) is 12.3. The maximum absolute atomic E-state index is 12.2. The molecule has 0 radical (unpaired) electrons. The summed E-state index contributed by atoms with van der Waals surface area (Å²) in [5, 5.41) is 12.4. The highest BCUT2D eigenvalue weighted by Gasteiger charge is 2.38. The van der Waals surface area contributed by atoms with E-state index in [4.69, 9.17) is 0 Å². The van der Waals surface area contributed by atoms with Gasteiger partial charge >= 0.3 is 6.03 Å². The van der Waals surface area contributed by atoms with E-state index in [0.29, 0.717) is 11.3 Å². The minimum absolute atomic E-state index is 0.0200. The molecule has 1 saturated carbocycles. The summed E-state index contributed by atoms with van der Waals surface area (Å²) < 4.78 is 0. The first-order chi connectivity index (χ1) is 9.06. The van der Waals surface area contributed by atoms with Crippen LogP contribution in [0, 0.1) is 11.3 Å². The molecule has 1 heterocycles. The van der Waals surface area contributed by atoms with Gasteiger partial charge in [-0.05, 0) is 43.4 Å². The normalized spacial score (nSPS) is 25.5. The van der Waals surface area contributed by atoms with E-state index in [2.05, 4.69) is 19.2 Å². The van der Waals surface area contributed by atoms with Crippen molar-refractivity contribution >= 4 is 6.03 Å². The van der Waals surface area contributed by atoms with Gasteiger partial charge < -0.3 is 15.3 Å². The van der Waals surface area contributed by atoms with E-state index in [1.54, 1.807) is 0 Å². The fourth-order valence-corrected chi connectivity index (χ4v) is 3.65. The van der Waals surface area contributed by atoms with Gasteiger partial charge in [-0.3, -0.25) is 0 Å². The predicted molar refractivity (Wildman–Crippen MR) is 76.0 cm³/mol. The fourth-order valence-electron chi connectivity index (χ4n) is 3.65. The molecule has 0 aromatic rings. The molecule has 0 aromatic carbocycles. The molecule has 2 N–H and O–H groups in total. The minimum Gasteiger partial charge on any atom is -0.394 e. The third-order valence-electron chi connectivity index (χ3n) is 4.72. The lowest BCUT2D eigenvalue weighted by atomic mass is 9.64. The third kappa shape index (κ3) is 3.41. The van der Waals surface area contributed by atoms with Crippen molar-refractivity contribution < 1.29 is 9.90 Å². The number of aliphatic hydroxyl groups is 1. The van der Waals surface area contributed by atoms with Crippen molar-refractivity contribution in [2.75, 3.05) is 19.7 Å². The summed E-state index contributed by atoms with van der Waals surface area (Å²) in [6, 6.07) is 0.0500. The molecule has 1 aliphatic heterocycles. The summed E-state index contributed by atoms with van der Waals surface area (Å²) in [4.78, 5) is 14.0. The molecule has 0 spiro atoms. The zero-order valence-electron chi connectivity index (χ0n) is 12.3. The van der Waals surface area contributed by atoms with Crippen molar-refractivity contribution in [3.8, 4) is 0 Å². The van der Waals surface area contributed by atoms with Crippen LogP contribution in [-0.2, 0) is 0 Å². The SMILES string of the molecule is CC(C)CC1(CNC(=O)N2CCC[C@@H]2CO)CCC1. The van der Waals surface area contributed by atoms with Crippen LogP contribution < -0.4 is 5.32 Å². The first-order valence-corrected chi connectivity index (χ1v) is 7.72. The van der Waals surface area contributed by atoms with Gasteiger partial charge in [-0.25, -0.2) is 4.79 Å². The zero-order chi connectivity index (χ0) is 13.9. The van der Waals surface area contributed by atoms with Gasteiger partial charge in [0.2, 0.25) is 0 Å². The lowest BCUT2D eigenvalue weighted by Gasteiger charge is -2.43. The van der Waals surface area contributed by atoms with Crippen molar-refractivity contribution in [1.29, 1.82) is 0 Å². The van der Waals surface area contributed by atoms with Crippen LogP contribution in [0.4, 0.5) is 4.79 Å². The van der Waals surface area contributed by atoms with Gasteiger partial charge in [0.1, 0.15) is 0 Å². The predicted octanol–water partition coefficient (Wildman–Crippen LogP) is 2.37. The van der Waals surface area contributed by atoms with Crippen molar-refractivity contribution in [3.05, 3.63) is 0 Å². The highest BCUT2D eigenvalue weighted by Crippen LogP contribution is 2.45. The van der Waals surface area contributed by atoms with Crippen LogP contribution in [0.25, 0.3) is 0 Å². The molecule has 2 rings (SSSR count). The maximum atomic E-state index is 12.2. The molecule has 2 aliphatic rings. The number of rotatable bonds is 5. The quantitative estimate of drug-likeness (QED) is 0.804. The van der Waals surface area contributed by atoms with Crippen LogP contribution in [0.15, 0.2) is 0 Å². The number of amides is 2. The van der Waals surface area contributed by atoms with Crippen molar-refractivity contribution in [3.63, 3.8) is 0 Å². The van der Waals surface area contributed by atoms with Crippen LogP contribution >= 0.6 is 0 Å². The molecule has 1 saturated heterocycles. The third-order valence-corrected chi connectivity index (χ3v) is 4.72.